The van der Waals surface area contributed by atoms with Crippen molar-refractivity contribution in [2.45, 2.75) is 0 Å². The molecule has 0 fully saturated rings. The largest absolute Gasteiger partial charge is 0.558 e. The summed E-state index contributed by atoms with van der Waals surface area (Å²) in [6, 6.07) is 27.0. The molecule has 0 aliphatic heterocycles. The molecule has 4 aromatic rings. The third-order valence-electron chi connectivity index (χ3n) is 4.15. The highest BCUT2D eigenvalue weighted by molar-refractivity contribution is 7.31. The smallest absolute Gasteiger partial charge is 0.541 e. The van der Waals surface area contributed by atoms with Gasteiger partial charge in [0.15, 0.2) is 0 Å². The molecule has 1 heterocycles. The maximum absolute atomic E-state index is 11.3. The number of fused-ring (bicyclic) bond motifs is 1. The molecule has 0 saturated heterocycles. The lowest BCUT2D eigenvalue weighted by atomic mass is 9.92. The maximum Gasteiger partial charge on any atom is 0.541 e. The lowest BCUT2D eigenvalue weighted by molar-refractivity contribution is -0.178. The van der Waals surface area contributed by atoms with Gasteiger partial charge in [0, 0.05) is 10.9 Å². The lowest BCUT2D eigenvalue weighted by Crippen LogP contribution is -2.00. The standard InChI is InChI=1S/C21H14NO3P/c23-26(24)25-21-20(16-11-5-2-6-12-16)19(15-9-3-1-4-10-15)17-13-7-8-14-18(17)22-21/h1-14H. The van der Waals surface area contributed by atoms with E-state index in [1.165, 1.54) is 0 Å². The van der Waals surface area contributed by atoms with Crippen LogP contribution in [0.5, 0.6) is 5.88 Å². The van der Waals surface area contributed by atoms with Crippen molar-refractivity contribution in [1.82, 2.24) is 4.98 Å². The number of hydrogen-bond donors (Lipinski definition) is 0. The molecule has 0 bridgehead atoms. The highest BCUT2D eigenvalue weighted by Gasteiger charge is 2.22. The molecule has 0 N–H and O–H groups in total. The summed E-state index contributed by atoms with van der Waals surface area (Å²) in [5, 5.41) is 0.936. The summed E-state index contributed by atoms with van der Waals surface area (Å²) >= 11 is 0. The van der Waals surface area contributed by atoms with Crippen LogP contribution in [0.25, 0.3) is 33.2 Å². The molecule has 0 aliphatic carbocycles. The summed E-state index contributed by atoms with van der Waals surface area (Å²) in [6.07, 6.45) is 0. The van der Waals surface area contributed by atoms with Crippen LogP contribution in [0.2, 0.25) is 0 Å². The fourth-order valence-electron chi connectivity index (χ4n) is 3.10. The van der Waals surface area contributed by atoms with Crippen molar-refractivity contribution in [3.05, 3.63) is 84.9 Å². The fourth-order valence-corrected chi connectivity index (χ4v) is 3.38. The topological polar surface area (TPSA) is 62.2 Å². The van der Waals surface area contributed by atoms with Gasteiger partial charge in [-0.3, -0.25) is 0 Å². The molecule has 1 aromatic heterocycles. The quantitative estimate of drug-likeness (QED) is 0.483. The molecule has 1 unspecified atom stereocenters. The van der Waals surface area contributed by atoms with E-state index in [0.717, 1.165) is 22.1 Å². The summed E-state index contributed by atoms with van der Waals surface area (Å²) in [7, 11) is -3.08. The van der Waals surface area contributed by atoms with Gasteiger partial charge < -0.3 is 4.89 Å². The Balaban J connectivity index is 2.15. The van der Waals surface area contributed by atoms with Gasteiger partial charge in [-0.15, -0.1) is 0 Å². The molecule has 5 heteroatoms. The van der Waals surface area contributed by atoms with E-state index in [9.17, 15) is 9.46 Å². The Morgan fingerprint density at radius 3 is 1.88 bits per heavy atom. The van der Waals surface area contributed by atoms with Crippen LogP contribution in [0.1, 0.15) is 0 Å². The molecule has 126 valence electrons. The van der Waals surface area contributed by atoms with Crippen molar-refractivity contribution >= 4 is 19.2 Å². The highest BCUT2D eigenvalue weighted by Crippen LogP contribution is 2.43. The second kappa shape index (κ2) is 7.04. The predicted molar refractivity (Wildman–Crippen MR) is 101 cm³/mol. The van der Waals surface area contributed by atoms with E-state index in [4.69, 9.17) is 4.52 Å². The number of aromatic nitrogens is 1. The van der Waals surface area contributed by atoms with Gasteiger partial charge in [0.1, 0.15) is 0 Å². The molecule has 0 radical (unpaired) electrons. The fraction of sp³-hybridized carbons (Fsp3) is 0. The first-order chi connectivity index (χ1) is 12.7. The highest BCUT2D eigenvalue weighted by atomic mass is 31.1. The first-order valence-electron chi connectivity index (χ1n) is 8.10. The Labute approximate surface area is 151 Å². The average Bonchev–Trinajstić information content (AvgIpc) is 2.68. The maximum atomic E-state index is 11.3. The van der Waals surface area contributed by atoms with Crippen molar-refractivity contribution in [3.8, 4) is 28.1 Å². The van der Waals surface area contributed by atoms with Crippen LogP contribution in [-0.4, -0.2) is 4.98 Å². The van der Waals surface area contributed by atoms with Crippen LogP contribution in [0, 0.1) is 0 Å². The van der Waals surface area contributed by atoms with Crippen molar-refractivity contribution in [2.75, 3.05) is 0 Å². The van der Waals surface area contributed by atoms with Gasteiger partial charge in [0.25, 0.3) is 5.88 Å². The minimum atomic E-state index is -3.08. The molecule has 0 saturated carbocycles. The van der Waals surface area contributed by atoms with Gasteiger partial charge in [-0.2, -0.15) is 0 Å². The van der Waals surface area contributed by atoms with Gasteiger partial charge in [-0.1, -0.05) is 78.9 Å². The van der Waals surface area contributed by atoms with E-state index in [1.807, 2.05) is 84.9 Å². The first-order valence-corrected chi connectivity index (χ1v) is 9.19. The van der Waals surface area contributed by atoms with Gasteiger partial charge in [0.05, 0.1) is 11.1 Å². The molecule has 0 aliphatic rings. The van der Waals surface area contributed by atoms with E-state index in [1.54, 1.807) is 0 Å². The number of hydrogen-bond acceptors (Lipinski definition) is 4. The Morgan fingerprint density at radius 2 is 1.27 bits per heavy atom. The Hall–Kier alpha value is -3.07. The first kappa shape index (κ1) is 16.4. The molecule has 4 nitrogen and oxygen atoms in total. The van der Waals surface area contributed by atoms with Crippen LogP contribution < -0.4 is 9.42 Å². The van der Waals surface area contributed by atoms with Gasteiger partial charge in [-0.25, -0.2) is 9.51 Å². The van der Waals surface area contributed by atoms with Crippen molar-refractivity contribution in [1.29, 1.82) is 0 Å². The zero-order valence-corrected chi connectivity index (χ0v) is 14.6. The summed E-state index contributed by atoms with van der Waals surface area (Å²) in [6.45, 7) is 0. The Bertz CT molecular complexity index is 1080. The lowest BCUT2D eigenvalue weighted by Gasteiger charge is -2.15. The molecular weight excluding hydrogens is 345 g/mol. The van der Waals surface area contributed by atoms with Crippen LogP contribution in [0.4, 0.5) is 0 Å². The molecule has 3 aromatic carbocycles. The molecule has 26 heavy (non-hydrogen) atoms. The number of para-hydroxylation sites is 1. The summed E-state index contributed by atoms with van der Waals surface area (Å²) < 4.78 is 16.4. The molecule has 4 rings (SSSR count). The van der Waals surface area contributed by atoms with Crippen molar-refractivity contribution in [2.24, 2.45) is 0 Å². The molecule has 1 atom stereocenters. The van der Waals surface area contributed by atoms with Crippen LogP contribution >= 0.6 is 8.25 Å². The van der Waals surface area contributed by atoms with E-state index in [-0.39, 0.29) is 5.88 Å². The van der Waals surface area contributed by atoms with Gasteiger partial charge in [0.2, 0.25) is 0 Å². The van der Waals surface area contributed by atoms with E-state index in [2.05, 4.69) is 4.98 Å². The van der Waals surface area contributed by atoms with Crippen LogP contribution in [0.15, 0.2) is 84.9 Å². The van der Waals surface area contributed by atoms with Crippen LogP contribution in [0.3, 0.4) is 0 Å². The Morgan fingerprint density at radius 1 is 0.731 bits per heavy atom. The molecular formula is C21H14NO3P. The number of nitrogens with zero attached hydrogens (tertiary/aromatic N) is 1. The van der Waals surface area contributed by atoms with E-state index in [0.29, 0.717) is 11.1 Å². The van der Waals surface area contributed by atoms with Gasteiger partial charge in [-0.05, 0) is 21.8 Å². The zero-order valence-electron chi connectivity index (χ0n) is 13.7. The average molecular weight is 359 g/mol. The minimum Gasteiger partial charge on any atom is -0.558 e. The van der Waals surface area contributed by atoms with Gasteiger partial charge >= 0.3 is 8.25 Å². The summed E-state index contributed by atoms with van der Waals surface area (Å²) in [5.74, 6) is 0.0878. The number of rotatable bonds is 4. The predicted octanol–water partition coefficient (Wildman–Crippen LogP) is 4.97. The van der Waals surface area contributed by atoms with E-state index < -0.39 is 8.25 Å². The normalized spacial score (nSPS) is 11.3. The molecule has 0 amide bonds. The third kappa shape index (κ3) is 3.08. The van der Waals surface area contributed by atoms with Crippen molar-refractivity contribution in [3.63, 3.8) is 0 Å². The second-order valence-electron chi connectivity index (χ2n) is 5.73. The Kier molecular flexibility index (Phi) is 4.44. The summed E-state index contributed by atoms with van der Waals surface area (Å²) in [4.78, 5) is 15.8. The third-order valence-corrected chi connectivity index (χ3v) is 4.47. The SMILES string of the molecule is O=[P+]([O-])Oc1nc2ccccc2c(-c2ccccc2)c1-c1ccccc1. The number of pyridine rings is 1. The van der Waals surface area contributed by atoms with Crippen molar-refractivity contribution < 1.29 is 14.0 Å². The monoisotopic (exact) mass is 359 g/mol. The van der Waals surface area contributed by atoms with Crippen LogP contribution in [-0.2, 0) is 4.57 Å². The summed E-state index contributed by atoms with van der Waals surface area (Å²) in [5.41, 5.74) is 4.05. The van der Waals surface area contributed by atoms with E-state index >= 15 is 0 Å². The zero-order chi connectivity index (χ0) is 17.9. The molecule has 0 spiro atoms. The minimum absolute atomic E-state index is 0.0878. The number of benzene rings is 3. The second-order valence-corrected chi connectivity index (χ2v) is 6.36.